The van der Waals surface area contributed by atoms with Crippen molar-refractivity contribution >= 4 is 47.6 Å². The lowest BCUT2D eigenvalue weighted by molar-refractivity contribution is -0.143. The summed E-state index contributed by atoms with van der Waals surface area (Å²) in [5, 5.41) is 19.1. The SMILES string of the molecule is C=Cc1c2[nH]c(c1C)/C=C1\NC(C3=c4[nH]c(c(C)c4=C(O)[C@@H]3C(=O)OC)/C=c3\[nH]/c(c(C)c3CC)=C\2)[C@@H](CCC(=O)OC/C=C(\C)CCC[C@H](C)CCCCCCCC(C)C)[C@@H]1C. The summed E-state index contributed by atoms with van der Waals surface area (Å²) in [6.45, 7) is 24.1. The van der Waals surface area contributed by atoms with E-state index in [4.69, 9.17) is 9.47 Å². The second-order valence-electron chi connectivity index (χ2n) is 19.3. The molecule has 5 heterocycles. The molecule has 9 nitrogen and oxygen atoms in total. The first kappa shape index (κ1) is 47.6. The maximum atomic E-state index is 13.7. The van der Waals surface area contributed by atoms with E-state index >= 15 is 0 Å². The number of aliphatic hydroxyl groups excluding tert-OH is 1. The fraction of sp³-hybridized carbons (Fsp3) is 0.556. The van der Waals surface area contributed by atoms with Crippen molar-refractivity contribution in [2.75, 3.05) is 13.7 Å². The number of carbonyl (C=O) groups excluding carboxylic acids is 2. The Labute approximate surface area is 376 Å². The maximum absolute atomic E-state index is 13.7. The van der Waals surface area contributed by atoms with Crippen LogP contribution >= 0.6 is 0 Å². The third kappa shape index (κ3) is 10.6. The predicted molar refractivity (Wildman–Crippen MR) is 258 cm³/mol. The number of hydrogen-bond acceptors (Lipinski definition) is 6. The standard InChI is InChI=1S/C54H76N4O5/c1-12-38-34(7)41-28-43-36(9)40(24-25-47(59)63-27-26-33(6)23-19-22-32(5)21-18-16-14-15-17-20-31(3)4)51(57-43)49-50(54(61)62-11)53(60)48-37(10)44(58-52(48)49)30-46-39(13-2)35(8)42(56-46)29-45(38)55-41/h12,26,28-32,36,40,50-51,55-58,60H,1,13-25,27H2,2-11H3/b33-26+,42-29-,43-28-,46-30-/t32-,36+,40+,50-,51?/m1/s1. The van der Waals surface area contributed by atoms with Gasteiger partial charge in [0.25, 0.3) is 0 Å². The summed E-state index contributed by atoms with van der Waals surface area (Å²) in [6.07, 6.45) is 24.8. The minimum Gasteiger partial charge on any atom is -0.510 e. The number of unbranched alkanes of at least 4 members (excludes halogenated alkanes) is 4. The van der Waals surface area contributed by atoms with Gasteiger partial charge in [-0.15, -0.1) is 0 Å². The Hall–Kier alpha value is -4.92. The molecule has 1 unspecified atom stereocenters. The number of hydrogen-bond donors (Lipinski definition) is 5. The number of ether oxygens (including phenoxy) is 2. The van der Waals surface area contributed by atoms with Gasteiger partial charge in [-0.25, -0.2) is 0 Å². The van der Waals surface area contributed by atoms with Crippen molar-refractivity contribution in [3.63, 3.8) is 0 Å². The van der Waals surface area contributed by atoms with Crippen molar-refractivity contribution in [2.45, 2.75) is 152 Å². The molecule has 5 N–H and O–H groups in total. The van der Waals surface area contributed by atoms with Gasteiger partial charge in [-0.05, 0) is 123 Å². The normalized spacial score (nSPS) is 21.6. The van der Waals surface area contributed by atoms with Crippen LogP contribution < -0.4 is 26.6 Å². The van der Waals surface area contributed by atoms with E-state index in [0.29, 0.717) is 11.6 Å². The largest absolute Gasteiger partial charge is 0.510 e. The van der Waals surface area contributed by atoms with Crippen LogP contribution in [-0.4, -0.2) is 51.8 Å². The van der Waals surface area contributed by atoms with Crippen LogP contribution in [0.15, 0.2) is 23.9 Å². The molecular formula is C54H76N4O5. The van der Waals surface area contributed by atoms with Crippen molar-refractivity contribution in [3.05, 3.63) is 90.1 Å². The molecule has 5 atom stereocenters. The Kier molecular flexibility index (Phi) is 16.0. The highest BCUT2D eigenvalue weighted by Crippen LogP contribution is 2.42. The van der Waals surface area contributed by atoms with E-state index < -0.39 is 17.9 Å². The summed E-state index contributed by atoms with van der Waals surface area (Å²) in [4.78, 5) is 38.1. The average molecular weight is 861 g/mol. The monoisotopic (exact) mass is 861 g/mol. The number of nitrogens with one attached hydrogen (secondary N) is 4. The summed E-state index contributed by atoms with van der Waals surface area (Å²) in [7, 11) is 1.36. The smallest absolute Gasteiger partial charge is 0.320 e. The van der Waals surface area contributed by atoms with E-state index in [9.17, 15) is 14.7 Å². The maximum Gasteiger partial charge on any atom is 0.320 e. The van der Waals surface area contributed by atoms with Crippen LogP contribution in [0.3, 0.4) is 0 Å². The van der Waals surface area contributed by atoms with Gasteiger partial charge in [0.15, 0.2) is 0 Å². The quantitative estimate of drug-likeness (QED) is 0.0438. The molecule has 0 spiro atoms. The van der Waals surface area contributed by atoms with Crippen molar-refractivity contribution < 1.29 is 24.2 Å². The Balaban J connectivity index is 1.22. The lowest BCUT2D eigenvalue weighted by atomic mass is 9.80. The lowest BCUT2D eigenvalue weighted by Gasteiger charge is -2.26. The molecule has 9 heteroatoms. The molecule has 6 rings (SSSR count). The number of aromatic amines is 3. The summed E-state index contributed by atoms with van der Waals surface area (Å²) < 4.78 is 11.2. The Morgan fingerprint density at radius 3 is 2.24 bits per heavy atom. The topological polar surface area (TPSA) is 132 Å². The molecule has 1 aliphatic carbocycles. The van der Waals surface area contributed by atoms with Crippen LogP contribution in [0.4, 0.5) is 0 Å². The van der Waals surface area contributed by atoms with Gasteiger partial charge in [0, 0.05) is 56.6 Å². The van der Waals surface area contributed by atoms with Crippen molar-refractivity contribution in [1.82, 2.24) is 20.3 Å². The molecule has 63 heavy (non-hydrogen) atoms. The Morgan fingerprint density at radius 2 is 1.54 bits per heavy atom. The molecule has 3 aromatic rings. The first-order valence-corrected chi connectivity index (χ1v) is 24.0. The molecule has 1 fully saturated rings. The summed E-state index contributed by atoms with van der Waals surface area (Å²) in [5.41, 5.74) is 11.1. The van der Waals surface area contributed by atoms with Gasteiger partial charge in [0.1, 0.15) is 18.3 Å². The molecule has 8 bridgehead atoms. The average Bonchev–Trinajstić information content (AvgIpc) is 3.99. The fourth-order valence-electron chi connectivity index (χ4n) is 10.5. The molecule has 0 amide bonds. The lowest BCUT2D eigenvalue weighted by Crippen LogP contribution is -2.38. The van der Waals surface area contributed by atoms with Crippen LogP contribution in [0.2, 0.25) is 0 Å². The van der Waals surface area contributed by atoms with Crippen LogP contribution in [0.25, 0.3) is 35.6 Å². The van der Waals surface area contributed by atoms with Crippen LogP contribution in [-0.2, 0) is 25.5 Å². The third-order valence-corrected chi connectivity index (χ3v) is 14.4. The predicted octanol–water partition coefficient (Wildman–Crippen LogP) is 9.12. The molecule has 3 aromatic heterocycles. The second kappa shape index (κ2) is 21.2. The Morgan fingerprint density at radius 1 is 0.857 bits per heavy atom. The van der Waals surface area contributed by atoms with Gasteiger partial charge in [0.05, 0.1) is 18.5 Å². The number of aliphatic hydroxyl groups is 1. The van der Waals surface area contributed by atoms with Crippen molar-refractivity contribution in [3.8, 4) is 0 Å². The first-order chi connectivity index (χ1) is 30.2. The number of aromatic nitrogens is 3. The van der Waals surface area contributed by atoms with E-state index in [2.05, 4.69) is 107 Å². The minimum atomic E-state index is -0.992. The molecule has 342 valence electrons. The molecule has 0 radical (unpaired) electrons. The highest BCUT2D eigenvalue weighted by molar-refractivity contribution is 5.95. The number of allylic oxidation sites excluding steroid dienone is 2. The van der Waals surface area contributed by atoms with Gasteiger partial charge in [0.2, 0.25) is 0 Å². The van der Waals surface area contributed by atoms with Gasteiger partial charge in [-0.3, -0.25) is 9.59 Å². The molecule has 2 aliphatic heterocycles. The number of fused-ring (bicyclic) bond motifs is 8. The molecule has 0 saturated carbocycles. The molecule has 0 aromatic carbocycles. The fourth-order valence-corrected chi connectivity index (χ4v) is 10.5. The number of H-pyrrole nitrogens is 3. The highest BCUT2D eigenvalue weighted by Gasteiger charge is 2.47. The molecular weight excluding hydrogens is 785 g/mol. The zero-order chi connectivity index (χ0) is 45.5. The second-order valence-corrected chi connectivity index (χ2v) is 19.3. The zero-order valence-corrected chi connectivity index (χ0v) is 40.0. The third-order valence-electron chi connectivity index (χ3n) is 14.4. The van der Waals surface area contributed by atoms with Gasteiger partial charge in [-0.2, -0.15) is 0 Å². The highest BCUT2D eigenvalue weighted by atomic mass is 16.5. The first-order valence-electron chi connectivity index (χ1n) is 24.0. The van der Waals surface area contributed by atoms with Crippen LogP contribution in [0, 0.1) is 50.4 Å². The van der Waals surface area contributed by atoms with Gasteiger partial charge >= 0.3 is 11.9 Å². The van der Waals surface area contributed by atoms with Crippen LogP contribution in [0.5, 0.6) is 0 Å². The summed E-state index contributed by atoms with van der Waals surface area (Å²) >= 11 is 0. The van der Waals surface area contributed by atoms with Crippen LogP contribution in [0.1, 0.15) is 163 Å². The minimum absolute atomic E-state index is 0.0150. The molecule has 1 saturated heterocycles. The number of methoxy groups -OCH3 is 1. The van der Waals surface area contributed by atoms with E-state index in [0.717, 1.165) is 92.2 Å². The van der Waals surface area contributed by atoms with Crippen molar-refractivity contribution in [1.29, 1.82) is 0 Å². The van der Waals surface area contributed by atoms with Gasteiger partial charge < -0.3 is 34.8 Å². The Bertz CT molecular complexity index is 2470. The number of carbonyl (C=O) groups is 2. The summed E-state index contributed by atoms with van der Waals surface area (Å²) in [5.74, 6) is -0.362. The van der Waals surface area contributed by atoms with E-state index in [1.165, 1.54) is 75.2 Å². The van der Waals surface area contributed by atoms with E-state index in [1.54, 1.807) is 0 Å². The van der Waals surface area contributed by atoms with E-state index in [-0.39, 0.29) is 36.6 Å². The summed E-state index contributed by atoms with van der Waals surface area (Å²) in [6, 6.07) is -0.393. The zero-order valence-electron chi connectivity index (χ0n) is 40.0. The molecule has 3 aliphatic rings. The van der Waals surface area contributed by atoms with Gasteiger partial charge in [-0.1, -0.05) is 104 Å². The number of rotatable bonds is 20. The number of esters is 2. The van der Waals surface area contributed by atoms with Crippen molar-refractivity contribution in [2.24, 2.45) is 29.6 Å². The van der Waals surface area contributed by atoms with E-state index in [1.807, 2.05) is 13.0 Å².